The number of nitrogens with zero attached hydrogens (tertiary/aromatic N) is 1. The molecule has 0 radical (unpaired) electrons. The molecule has 0 aliphatic heterocycles. The summed E-state index contributed by atoms with van der Waals surface area (Å²) in [7, 11) is -1.83. The maximum atomic E-state index is 13.6. The van der Waals surface area contributed by atoms with Crippen molar-refractivity contribution in [3.63, 3.8) is 0 Å². The highest BCUT2D eigenvalue weighted by Crippen LogP contribution is 2.23. The average Bonchev–Trinajstić information content (AvgIpc) is 2.24. The lowest BCUT2D eigenvalue weighted by Gasteiger charge is -2.20. The zero-order valence-corrected chi connectivity index (χ0v) is 10.8. The smallest absolute Gasteiger partial charge is 0.150 e. The molecule has 4 nitrogen and oxygen atoms in total. The van der Waals surface area contributed by atoms with Crippen LogP contribution in [0.15, 0.2) is 12.1 Å². The van der Waals surface area contributed by atoms with Gasteiger partial charge in [-0.2, -0.15) is 0 Å². The van der Waals surface area contributed by atoms with Gasteiger partial charge in [0.25, 0.3) is 0 Å². The fraction of sp³-hybridized carbons (Fsp3) is 0.364. The monoisotopic (exact) mass is 277 g/mol. The lowest BCUT2D eigenvalue weighted by molar-refractivity contribution is 0.112. The highest BCUT2D eigenvalue weighted by Gasteiger charge is 2.16. The van der Waals surface area contributed by atoms with Crippen molar-refractivity contribution < 1.29 is 22.0 Å². The third kappa shape index (κ3) is 3.76. The maximum absolute atomic E-state index is 13.6. The third-order valence-corrected chi connectivity index (χ3v) is 3.28. The van der Waals surface area contributed by atoms with Crippen molar-refractivity contribution in [1.29, 1.82) is 0 Å². The van der Waals surface area contributed by atoms with E-state index in [-0.39, 0.29) is 23.5 Å². The highest BCUT2D eigenvalue weighted by molar-refractivity contribution is 7.90. The van der Waals surface area contributed by atoms with E-state index in [0.717, 1.165) is 18.4 Å². The van der Waals surface area contributed by atoms with E-state index in [0.29, 0.717) is 6.29 Å². The van der Waals surface area contributed by atoms with Gasteiger partial charge in [0.05, 0.1) is 5.75 Å². The highest BCUT2D eigenvalue weighted by atomic mass is 32.2. The van der Waals surface area contributed by atoms with Crippen molar-refractivity contribution in [2.45, 2.75) is 0 Å². The normalized spacial score (nSPS) is 11.3. The summed E-state index contributed by atoms with van der Waals surface area (Å²) in [5.74, 6) is -2.00. The molecule has 0 aromatic heterocycles. The molecule has 0 saturated carbocycles. The van der Waals surface area contributed by atoms with E-state index >= 15 is 0 Å². The Labute approximate surface area is 104 Å². The quantitative estimate of drug-likeness (QED) is 0.760. The van der Waals surface area contributed by atoms with Gasteiger partial charge in [-0.1, -0.05) is 0 Å². The molecule has 100 valence electrons. The molecule has 7 heteroatoms. The molecular weight excluding hydrogens is 264 g/mol. The summed E-state index contributed by atoms with van der Waals surface area (Å²) in [6, 6.07) is 1.81. The van der Waals surface area contributed by atoms with E-state index in [4.69, 9.17) is 0 Å². The van der Waals surface area contributed by atoms with E-state index in [1.165, 1.54) is 11.9 Å². The average molecular weight is 277 g/mol. The number of rotatable bonds is 5. The van der Waals surface area contributed by atoms with E-state index in [1.54, 1.807) is 0 Å². The van der Waals surface area contributed by atoms with Crippen molar-refractivity contribution in [2.75, 3.05) is 30.5 Å². The molecule has 0 aliphatic rings. The van der Waals surface area contributed by atoms with Crippen LogP contribution in [0.5, 0.6) is 0 Å². The van der Waals surface area contributed by atoms with E-state index in [1.807, 2.05) is 0 Å². The van der Waals surface area contributed by atoms with Gasteiger partial charge < -0.3 is 4.90 Å². The Balaban J connectivity index is 2.99. The molecule has 0 amide bonds. The van der Waals surface area contributed by atoms with Gasteiger partial charge in [0.1, 0.15) is 33.4 Å². The summed E-state index contributed by atoms with van der Waals surface area (Å²) in [6.07, 6.45) is 1.38. The SMILES string of the molecule is CN(CCS(C)(=O)=O)c1c(F)cc(C=O)cc1F. The molecule has 0 bridgehead atoms. The second-order valence-electron chi connectivity index (χ2n) is 4.00. The van der Waals surface area contributed by atoms with Crippen molar-refractivity contribution >= 4 is 21.8 Å². The molecule has 0 heterocycles. The Bertz CT molecular complexity index is 534. The Kier molecular flexibility index (Phi) is 4.39. The van der Waals surface area contributed by atoms with Gasteiger partial charge in [-0.25, -0.2) is 17.2 Å². The van der Waals surface area contributed by atoms with Gasteiger partial charge in [-0.15, -0.1) is 0 Å². The first-order valence-electron chi connectivity index (χ1n) is 5.07. The summed E-state index contributed by atoms with van der Waals surface area (Å²) in [6.45, 7) is -0.0346. The fourth-order valence-electron chi connectivity index (χ4n) is 1.43. The van der Waals surface area contributed by atoms with Gasteiger partial charge >= 0.3 is 0 Å². The Morgan fingerprint density at radius 1 is 1.28 bits per heavy atom. The molecule has 0 aliphatic carbocycles. The number of anilines is 1. The Morgan fingerprint density at radius 3 is 2.17 bits per heavy atom. The van der Waals surface area contributed by atoms with Crippen LogP contribution >= 0.6 is 0 Å². The van der Waals surface area contributed by atoms with Gasteiger partial charge in [-0.05, 0) is 12.1 Å². The molecular formula is C11H13F2NO3S. The molecule has 0 N–H and O–H groups in total. The largest absolute Gasteiger partial charge is 0.369 e. The Hall–Kier alpha value is -1.50. The molecule has 0 fully saturated rings. The van der Waals surface area contributed by atoms with Gasteiger partial charge in [0.15, 0.2) is 0 Å². The number of aldehydes is 1. The lowest BCUT2D eigenvalue weighted by atomic mass is 10.2. The standard InChI is InChI=1S/C11H13F2NO3S/c1-14(3-4-18(2,16)17)11-9(12)5-8(7-15)6-10(11)13/h5-7H,3-4H2,1-2H3. The van der Waals surface area contributed by atoms with Crippen LogP contribution in [-0.4, -0.2) is 40.3 Å². The van der Waals surface area contributed by atoms with E-state index in [9.17, 15) is 22.0 Å². The molecule has 18 heavy (non-hydrogen) atoms. The van der Waals surface area contributed by atoms with Crippen molar-refractivity contribution in [3.05, 3.63) is 29.3 Å². The van der Waals surface area contributed by atoms with Crippen LogP contribution in [0, 0.1) is 11.6 Å². The minimum atomic E-state index is -3.21. The minimum Gasteiger partial charge on any atom is -0.369 e. The summed E-state index contributed by atoms with van der Waals surface area (Å²) in [5, 5.41) is 0. The summed E-state index contributed by atoms with van der Waals surface area (Å²) >= 11 is 0. The van der Waals surface area contributed by atoms with Gasteiger partial charge in [-0.3, -0.25) is 4.79 Å². The second-order valence-corrected chi connectivity index (χ2v) is 6.26. The van der Waals surface area contributed by atoms with Crippen LogP contribution in [0.25, 0.3) is 0 Å². The van der Waals surface area contributed by atoms with Gasteiger partial charge in [0, 0.05) is 25.4 Å². The molecule has 0 saturated heterocycles. The lowest BCUT2D eigenvalue weighted by Crippen LogP contribution is -2.26. The molecule has 0 atom stereocenters. The van der Waals surface area contributed by atoms with Crippen LogP contribution in [0.1, 0.15) is 10.4 Å². The fourth-order valence-corrected chi connectivity index (χ4v) is 2.04. The third-order valence-electron chi connectivity index (χ3n) is 2.35. The van der Waals surface area contributed by atoms with E-state index < -0.39 is 21.5 Å². The zero-order chi connectivity index (χ0) is 13.9. The zero-order valence-electron chi connectivity index (χ0n) is 9.98. The molecule has 1 aromatic rings. The van der Waals surface area contributed by atoms with Crippen LogP contribution in [0.3, 0.4) is 0 Å². The van der Waals surface area contributed by atoms with Crippen molar-refractivity contribution in [2.24, 2.45) is 0 Å². The van der Waals surface area contributed by atoms with Gasteiger partial charge in [0.2, 0.25) is 0 Å². The number of carbonyl (C=O) groups excluding carboxylic acids is 1. The maximum Gasteiger partial charge on any atom is 0.150 e. The van der Waals surface area contributed by atoms with Crippen molar-refractivity contribution in [1.82, 2.24) is 0 Å². The summed E-state index contributed by atoms with van der Waals surface area (Å²) < 4.78 is 49.1. The number of hydrogen-bond acceptors (Lipinski definition) is 4. The van der Waals surface area contributed by atoms with Crippen LogP contribution in [0.4, 0.5) is 14.5 Å². The van der Waals surface area contributed by atoms with Crippen LogP contribution in [0.2, 0.25) is 0 Å². The Morgan fingerprint density at radius 2 is 1.78 bits per heavy atom. The summed E-state index contributed by atoms with van der Waals surface area (Å²) in [5.41, 5.74) is -0.450. The van der Waals surface area contributed by atoms with Crippen LogP contribution in [-0.2, 0) is 9.84 Å². The number of benzene rings is 1. The molecule has 0 unspecified atom stereocenters. The minimum absolute atomic E-state index is 0.0346. The number of hydrogen-bond donors (Lipinski definition) is 0. The first kappa shape index (κ1) is 14.6. The predicted molar refractivity (Wildman–Crippen MR) is 64.7 cm³/mol. The predicted octanol–water partition coefficient (Wildman–Crippen LogP) is 1.26. The number of carbonyl (C=O) groups is 1. The molecule has 0 spiro atoms. The number of halogens is 2. The summed E-state index contributed by atoms with van der Waals surface area (Å²) in [4.78, 5) is 11.6. The van der Waals surface area contributed by atoms with Crippen molar-refractivity contribution in [3.8, 4) is 0 Å². The van der Waals surface area contributed by atoms with E-state index in [2.05, 4.69) is 0 Å². The molecule has 1 aromatic carbocycles. The van der Waals surface area contributed by atoms with Crippen LogP contribution < -0.4 is 4.90 Å². The first-order chi connectivity index (χ1) is 8.24. The number of sulfone groups is 1. The first-order valence-corrected chi connectivity index (χ1v) is 7.13. The molecule has 1 rings (SSSR count). The topological polar surface area (TPSA) is 54.5 Å². The second kappa shape index (κ2) is 5.43.